The van der Waals surface area contributed by atoms with E-state index in [2.05, 4.69) is 27.6 Å². The Hall–Kier alpha value is -1.30. The molecular weight excluding hydrogens is 365 g/mol. The van der Waals surface area contributed by atoms with Crippen molar-refractivity contribution >= 4 is 22.6 Å². The largest absolute Gasteiger partial charge is 0.487 e. The molecule has 1 saturated carbocycles. The molecule has 0 aliphatic heterocycles. The van der Waals surface area contributed by atoms with E-state index in [-0.39, 0.29) is 5.56 Å². The first-order valence-electron chi connectivity index (χ1n) is 6.81. The Kier molecular flexibility index (Phi) is 4.10. The molecule has 0 amide bonds. The second-order valence-electron chi connectivity index (χ2n) is 5.21. The molecule has 1 aromatic carbocycles. The van der Waals surface area contributed by atoms with Crippen molar-refractivity contribution in [3.63, 3.8) is 0 Å². The number of hydrogen-bond donors (Lipinski definition) is 1. The molecule has 0 saturated heterocycles. The van der Waals surface area contributed by atoms with Gasteiger partial charge in [-0.1, -0.05) is 30.3 Å². The lowest BCUT2D eigenvalue weighted by molar-refractivity contribution is 0.299. The topological polar surface area (TPSA) is 42.1 Å². The van der Waals surface area contributed by atoms with Crippen molar-refractivity contribution in [1.82, 2.24) is 4.98 Å². The third-order valence-corrected chi connectivity index (χ3v) is 4.48. The molecule has 1 aromatic heterocycles. The number of rotatable bonds is 5. The van der Waals surface area contributed by atoms with Crippen molar-refractivity contribution in [3.05, 3.63) is 61.6 Å². The van der Waals surface area contributed by atoms with Gasteiger partial charge in [0.2, 0.25) is 0 Å². The van der Waals surface area contributed by atoms with E-state index in [4.69, 9.17) is 4.74 Å². The quantitative estimate of drug-likeness (QED) is 0.806. The predicted octanol–water partition coefficient (Wildman–Crippen LogP) is 3.51. The highest BCUT2D eigenvalue weighted by atomic mass is 127. The second kappa shape index (κ2) is 5.99. The number of aromatic nitrogens is 1. The number of pyridine rings is 1. The average molecular weight is 381 g/mol. The molecule has 0 bridgehead atoms. The fourth-order valence-corrected chi connectivity index (χ4v) is 2.85. The molecule has 3 rings (SSSR count). The molecule has 1 aliphatic carbocycles. The van der Waals surface area contributed by atoms with E-state index >= 15 is 0 Å². The van der Waals surface area contributed by atoms with Crippen LogP contribution in [-0.4, -0.2) is 4.98 Å². The van der Waals surface area contributed by atoms with Gasteiger partial charge < -0.3 is 9.72 Å². The Morgan fingerprint density at radius 1 is 1.25 bits per heavy atom. The van der Waals surface area contributed by atoms with Crippen molar-refractivity contribution in [1.29, 1.82) is 0 Å². The Morgan fingerprint density at radius 3 is 2.70 bits per heavy atom. The first kappa shape index (κ1) is 13.7. The number of nitrogens with one attached hydrogen (secondary N) is 1. The van der Waals surface area contributed by atoms with E-state index in [1.165, 1.54) is 12.8 Å². The fourth-order valence-electron chi connectivity index (χ4n) is 2.20. The van der Waals surface area contributed by atoms with E-state index in [9.17, 15) is 4.79 Å². The van der Waals surface area contributed by atoms with Crippen molar-refractivity contribution < 1.29 is 4.74 Å². The Labute approximate surface area is 131 Å². The van der Waals surface area contributed by atoms with Crippen LogP contribution in [0.5, 0.6) is 5.75 Å². The normalized spacial score (nSPS) is 14.2. The van der Waals surface area contributed by atoms with Crippen molar-refractivity contribution in [2.45, 2.75) is 25.9 Å². The minimum absolute atomic E-state index is 0.0757. The molecule has 1 fully saturated rings. The van der Waals surface area contributed by atoms with Crippen LogP contribution in [0.15, 0.2) is 41.3 Å². The van der Waals surface area contributed by atoms with Crippen LogP contribution in [0.4, 0.5) is 0 Å². The minimum Gasteiger partial charge on any atom is -0.487 e. The van der Waals surface area contributed by atoms with Crippen LogP contribution in [0.2, 0.25) is 0 Å². The van der Waals surface area contributed by atoms with Crippen LogP contribution in [0, 0.1) is 9.49 Å². The molecule has 1 heterocycles. The lowest BCUT2D eigenvalue weighted by Gasteiger charge is -2.12. The van der Waals surface area contributed by atoms with Gasteiger partial charge in [0.15, 0.2) is 0 Å². The zero-order chi connectivity index (χ0) is 13.9. The summed E-state index contributed by atoms with van der Waals surface area (Å²) in [5, 5.41) is 0. The van der Waals surface area contributed by atoms with Gasteiger partial charge in [-0.15, -0.1) is 0 Å². The molecule has 1 aliphatic rings. The van der Waals surface area contributed by atoms with Crippen LogP contribution >= 0.6 is 22.6 Å². The summed E-state index contributed by atoms with van der Waals surface area (Å²) in [5.41, 5.74) is 2.15. The fraction of sp³-hybridized carbons (Fsp3) is 0.312. The summed E-state index contributed by atoms with van der Waals surface area (Å²) in [5.74, 6) is 1.51. The summed E-state index contributed by atoms with van der Waals surface area (Å²) < 4.78 is 6.59. The van der Waals surface area contributed by atoms with Crippen LogP contribution in [-0.2, 0) is 13.0 Å². The number of ether oxygens (including phenoxy) is 1. The van der Waals surface area contributed by atoms with Crippen molar-refractivity contribution in [2.75, 3.05) is 0 Å². The molecule has 4 heteroatoms. The van der Waals surface area contributed by atoms with Gasteiger partial charge >= 0.3 is 0 Å². The Bertz CT molecular complexity index is 647. The standard InChI is InChI=1S/C16H16INO2/c17-14-15(20-10-12-4-2-1-3-5-12)13(8-11-6-7-11)9-18-16(14)19/h1-5,9,11H,6-8,10H2,(H,18,19). The Balaban J connectivity index is 1.82. The highest BCUT2D eigenvalue weighted by Gasteiger charge is 2.24. The van der Waals surface area contributed by atoms with Gasteiger partial charge in [0.05, 0.1) is 0 Å². The zero-order valence-electron chi connectivity index (χ0n) is 11.1. The van der Waals surface area contributed by atoms with Gasteiger partial charge in [0.1, 0.15) is 15.9 Å². The summed E-state index contributed by atoms with van der Waals surface area (Å²) in [4.78, 5) is 14.6. The predicted molar refractivity (Wildman–Crippen MR) is 87.0 cm³/mol. The molecule has 20 heavy (non-hydrogen) atoms. The SMILES string of the molecule is O=c1[nH]cc(CC2CC2)c(OCc2ccccc2)c1I. The van der Waals surface area contributed by atoms with Crippen LogP contribution in [0.3, 0.4) is 0 Å². The lowest BCUT2D eigenvalue weighted by atomic mass is 10.1. The minimum atomic E-state index is -0.0757. The van der Waals surface area contributed by atoms with Gasteiger partial charge in [0, 0.05) is 11.8 Å². The molecule has 0 unspecified atom stereocenters. The maximum Gasteiger partial charge on any atom is 0.265 e. The second-order valence-corrected chi connectivity index (χ2v) is 6.29. The van der Waals surface area contributed by atoms with E-state index in [1.54, 1.807) is 0 Å². The van der Waals surface area contributed by atoms with Gasteiger partial charge in [-0.2, -0.15) is 0 Å². The number of hydrogen-bond acceptors (Lipinski definition) is 2. The molecule has 0 spiro atoms. The van der Waals surface area contributed by atoms with Crippen molar-refractivity contribution in [2.24, 2.45) is 5.92 Å². The summed E-state index contributed by atoms with van der Waals surface area (Å²) in [6.07, 6.45) is 5.38. The summed E-state index contributed by atoms with van der Waals surface area (Å²) >= 11 is 2.07. The van der Waals surface area contributed by atoms with Crippen LogP contribution in [0.25, 0.3) is 0 Å². The smallest absolute Gasteiger partial charge is 0.265 e. The third kappa shape index (κ3) is 3.23. The third-order valence-electron chi connectivity index (χ3n) is 3.50. The van der Waals surface area contributed by atoms with Crippen molar-refractivity contribution in [3.8, 4) is 5.75 Å². The summed E-state index contributed by atoms with van der Waals surface area (Å²) in [6.45, 7) is 0.498. The average Bonchev–Trinajstić information content (AvgIpc) is 3.28. The maximum absolute atomic E-state index is 11.8. The molecular formula is C16H16INO2. The number of halogens is 1. The summed E-state index contributed by atoms with van der Waals surface area (Å²) in [6, 6.07) is 10.0. The monoisotopic (exact) mass is 381 g/mol. The number of H-pyrrole nitrogens is 1. The molecule has 1 N–H and O–H groups in total. The van der Waals surface area contributed by atoms with Gasteiger partial charge in [-0.3, -0.25) is 4.79 Å². The van der Waals surface area contributed by atoms with E-state index in [0.29, 0.717) is 10.2 Å². The molecule has 0 radical (unpaired) electrons. The Morgan fingerprint density at radius 2 is 2.00 bits per heavy atom. The van der Waals surface area contributed by atoms with E-state index in [1.807, 2.05) is 36.5 Å². The highest BCUT2D eigenvalue weighted by molar-refractivity contribution is 14.1. The van der Waals surface area contributed by atoms with E-state index in [0.717, 1.165) is 29.2 Å². The van der Waals surface area contributed by atoms with Crippen LogP contribution in [0.1, 0.15) is 24.0 Å². The molecule has 0 atom stereocenters. The number of benzene rings is 1. The maximum atomic E-state index is 11.8. The first-order chi connectivity index (χ1) is 9.74. The highest BCUT2D eigenvalue weighted by Crippen LogP contribution is 2.35. The molecule has 104 valence electrons. The first-order valence-corrected chi connectivity index (χ1v) is 7.88. The van der Waals surface area contributed by atoms with Crippen LogP contribution < -0.4 is 10.3 Å². The summed E-state index contributed by atoms with van der Waals surface area (Å²) in [7, 11) is 0. The molecule has 2 aromatic rings. The van der Waals surface area contributed by atoms with Gasteiger partial charge in [0.25, 0.3) is 5.56 Å². The molecule has 3 nitrogen and oxygen atoms in total. The van der Waals surface area contributed by atoms with E-state index < -0.39 is 0 Å². The lowest BCUT2D eigenvalue weighted by Crippen LogP contribution is -2.14. The van der Waals surface area contributed by atoms with Gasteiger partial charge in [-0.05, 0) is 53.3 Å². The zero-order valence-corrected chi connectivity index (χ0v) is 13.2. The van der Waals surface area contributed by atoms with Gasteiger partial charge in [-0.25, -0.2) is 0 Å². The number of aromatic amines is 1.